The first kappa shape index (κ1) is 16.2. The van der Waals surface area contributed by atoms with Crippen LogP contribution in [0.15, 0.2) is 0 Å². The second kappa shape index (κ2) is 6.56. The number of halogens is 3. The molecule has 1 amide bonds. The molecule has 1 saturated carbocycles. The van der Waals surface area contributed by atoms with Crippen LogP contribution in [-0.4, -0.2) is 37.4 Å². The number of carbonyl (C=O) groups excluding carboxylic acids is 1. The van der Waals surface area contributed by atoms with Crippen molar-refractivity contribution in [1.29, 1.82) is 0 Å². The van der Waals surface area contributed by atoms with Crippen LogP contribution in [0.5, 0.6) is 0 Å². The molecule has 1 aliphatic carbocycles. The van der Waals surface area contributed by atoms with E-state index in [0.717, 1.165) is 25.7 Å². The summed E-state index contributed by atoms with van der Waals surface area (Å²) in [4.78, 5) is 11.6. The molecule has 1 aliphatic rings. The Hall–Kier alpha value is -0.820. The van der Waals surface area contributed by atoms with Gasteiger partial charge >= 0.3 is 6.18 Å². The number of hydrogen-bond donors (Lipinski definition) is 2. The van der Waals surface area contributed by atoms with Crippen LogP contribution in [0.4, 0.5) is 13.2 Å². The van der Waals surface area contributed by atoms with Gasteiger partial charge < -0.3 is 15.8 Å². The smallest absolute Gasteiger partial charge is 0.362 e. The molecule has 0 saturated heterocycles. The highest BCUT2D eigenvalue weighted by atomic mass is 19.4. The monoisotopic (exact) mass is 282 g/mol. The Balaban J connectivity index is 2.37. The maximum absolute atomic E-state index is 11.9. The lowest BCUT2D eigenvalue weighted by Crippen LogP contribution is -2.56. The molecule has 0 aromatic rings. The second-order valence-corrected chi connectivity index (χ2v) is 5.32. The van der Waals surface area contributed by atoms with Gasteiger partial charge in [-0.3, -0.25) is 4.79 Å². The Morgan fingerprint density at radius 2 is 2.00 bits per heavy atom. The van der Waals surface area contributed by atoms with Crippen molar-refractivity contribution in [1.82, 2.24) is 5.32 Å². The van der Waals surface area contributed by atoms with Gasteiger partial charge in [0.05, 0.1) is 5.54 Å². The predicted octanol–water partition coefficient (Wildman–Crippen LogP) is 1.59. The van der Waals surface area contributed by atoms with Gasteiger partial charge in [-0.15, -0.1) is 0 Å². The number of hydrogen-bond acceptors (Lipinski definition) is 3. The number of rotatable bonds is 5. The van der Waals surface area contributed by atoms with E-state index >= 15 is 0 Å². The molecular weight excluding hydrogens is 261 g/mol. The topological polar surface area (TPSA) is 64.3 Å². The Labute approximate surface area is 110 Å². The fourth-order valence-corrected chi connectivity index (χ4v) is 2.29. The molecule has 0 spiro atoms. The minimum absolute atomic E-state index is 0.296. The summed E-state index contributed by atoms with van der Waals surface area (Å²) in [5.41, 5.74) is 5.21. The Morgan fingerprint density at radius 3 is 2.47 bits per heavy atom. The van der Waals surface area contributed by atoms with Gasteiger partial charge in [0, 0.05) is 6.54 Å². The zero-order valence-electron chi connectivity index (χ0n) is 11.1. The van der Waals surface area contributed by atoms with Gasteiger partial charge in [0.25, 0.3) is 0 Å². The average Bonchev–Trinajstić information content (AvgIpc) is 2.31. The summed E-state index contributed by atoms with van der Waals surface area (Å²) >= 11 is 0. The van der Waals surface area contributed by atoms with Crippen molar-refractivity contribution in [3.63, 3.8) is 0 Å². The lowest BCUT2D eigenvalue weighted by molar-refractivity contribution is -0.176. The largest absolute Gasteiger partial charge is 0.411 e. The van der Waals surface area contributed by atoms with Gasteiger partial charge in [0.1, 0.15) is 13.2 Å². The molecule has 3 N–H and O–H groups in total. The van der Waals surface area contributed by atoms with Crippen molar-refractivity contribution in [3.8, 4) is 0 Å². The van der Waals surface area contributed by atoms with E-state index in [1.807, 2.05) is 0 Å². The fraction of sp³-hybridized carbons (Fsp3) is 0.917. The molecule has 1 rings (SSSR count). The highest BCUT2D eigenvalue weighted by Gasteiger charge is 2.34. The van der Waals surface area contributed by atoms with Crippen LogP contribution in [0.3, 0.4) is 0 Å². The Kier molecular flexibility index (Phi) is 5.61. The second-order valence-electron chi connectivity index (χ2n) is 5.32. The van der Waals surface area contributed by atoms with E-state index in [1.165, 1.54) is 0 Å². The Morgan fingerprint density at radius 1 is 1.42 bits per heavy atom. The molecule has 0 bridgehead atoms. The van der Waals surface area contributed by atoms with Crippen molar-refractivity contribution in [3.05, 3.63) is 0 Å². The van der Waals surface area contributed by atoms with E-state index < -0.39 is 30.8 Å². The zero-order valence-corrected chi connectivity index (χ0v) is 11.1. The summed E-state index contributed by atoms with van der Waals surface area (Å²) in [5, 5.41) is 2.73. The SMILES string of the molecule is CC1CCC(CN)(NC(=O)COCC(F)(F)F)CC1. The molecule has 4 nitrogen and oxygen atoms in total. The normalized spacial score (nSPS) is 28.2. The maximum atomic E-state index is 11.9. The number of alkyl halides is 3. The number of nitrogens with two attached hydrogens (primary N) is 1. The standard InChI is InChI=1S/C12H21F3N2O2/c1-9-2-4-11(7-16,5-3-9)17-10(18)6-19-8-12(13,14)15/h9H,2-8,16H2,1H3,(H,17,18). The molecule has 1 fully saturated rings. The molecule has 0 aliphatic heterocycles. The van der Waals surface area contributed by atoms with E-state index in [-0.39, 0.29) is 0 Å². The van der Waals surface area contributed by atoms with Crippen LogP contribution in [-0.2, 0) is 9.53 Å². The van der Waals surface area contributed by atoms with Gasteiger partial charge in [-0.25, -0.2) is 0 Å². The van der Waals surface area contributed by atoms with Crippen molar-refractivity contribution < 1.29 is 22.7 Å². The average molecular weight is 282 g/mol. The molecule has 19 heavy (non-hydrogen) atoms. The summed E-state index contributed by atoms with van der Waals surface area (Å²) in [6.07, 6.45) is -0.973. The zero-order chi connectivity index (χ0) is 14.5. The number of carbonyl (C=O) groups is 1. The van der Waals surface area contributed by atoms with Crippen LogP contribution >= 0.6 is 0 Å². The summed E-state index contributed by atoms with van der Waals surface area (Å²) in [7, 11) is 0. The molecule has 0 unspecified atom stereocenters. The highest BCUT2D eigenvalue weighted by molar-refractivity contribution is 5.78. The first-order valence-corrected chi connectivity index (χ1v) is 6.42. The molecular formula is C12H21F3N2O2. The molecule has 0 aromatic heterocycles. The lowest BCUT2D eigenvalue weighted by Gasteiger charge is -2.39. The van der Waals surface area contributed by atoms with E-state index in [0.29, 0.717) is 12.5 Å². The van der Waals surface area contributed by atoms with Gasteiger partial charge in [-0.2, -0.15) is 13.2 Å². The molecule has 0 aromatic carbocycles. The maximum Gasteiger partial charge on any atom is 0.411 e. The number of amides is 1. The third-order valence-electron chi connectivity index (χ3n) is 3.53. The van der Waals surface area contributed by atoms with Crippen molar-refractivity contribution >= 4 is 5.91 Å². The van der Waals surface area contributed by atoms with E-state index in [9.17, 15) is 18.0 Å². The molecule has 0 heterocycles. The first-order valence-electron chi connectivity index (χ1n) is 6.42. The predicted molar refractivity (Wildman–Crippen MR) is 64.4 cm³/mol. The van der Waals surface area contributed by atoms with Gasteiger partial charge in [0.15, 0.2) is 0 Å². The summed E-state index contributed by atoms with van der Waals surface area (Å²) < 4.78 is 40.0. The lowest BCUT2D eigenvalue weighted by atomic mass is 9.77. The van der Waals surface area contributed by atoms with Gasteiger partial charge in [-0.05, 0) is 31.6 Å². The van der Waals surface area contributed by atoms with Crippen molar-refractivity contribution in [2.45, 2.75) is 44.3 Å². The fourth-order valence-electron chi connectivity index (χ4n) is 2.29. The third-order valence-corrected chi connectivity index (χ3v) is 3.53. The van der Waals surface area contributed by atoms with Crippen LogP contribution in [0.2, 0.25) is 0 Å². The van der Waals surface area contributed by atoms with Crippen LogP contribution < -0.4 is 11.1 Å². The van der Waals surface area contributed by atoms with Crippen LogP contribution in [0, 0.1) is 5.92 Å². The first-order chi connectivity index (χ1) is 8.76. The summed E-state index contributed by atoms with van der Waals surface area (Å²) in [5.74, 6) is 0.0577. The molecule has 7 heteroatoms. The third kappa shape index (κ3) is 5.78. The van der Waals surface area contributed by atoms with E-state index in [4.69, 9.17) is 5.73 Å². The van der Waals surface area contributed by atoms with Crippen molar-refractivity contribution in [2.75, 3.05) is 19.8 Å². The van der Waals surface area contributed by atoms with Crippen molar-refractivity contribution in [2.24, 2.45) is 11.7 Å². The molecule has 0 radical (unpaired) electrons. The van der Waals surface area contributed by atoms with Crippen LogP contribution in [0.1, 0.15) is 32.6 Å². The van der Waals surface area contributed by atoms with Crippen LogP contribution in [0.25, 0.3) is 0 Å². The van der Waals surface area contributed by atoms with Gasteiger partial charge in [-0.1, -0.05) is 6.92 Å². The molecule has 0 atom stereocenters. The summed E-state index contributed by atoms with van der Waals surface area (Å²) in [6.45, 7) is 0.434. The minimum Gasteiger partial charge on any atom is -0.362 e. The number of nitrogens with one attached hydrogen (secondary N) is 1. The van der Waals surface area contributed by atoms with E-state index in [2.05, 4.69) is 17.0 Å². The quantitative estimate of drug-likeness (QED) is 0.805. The summed E-state index contributed by atoms with van der Waals surface area (Å²) in [6, 6.07) is 0. The van der Waals surface area contributed by atoms with Gasteiger partial charge in [0.2, 0.25) is 5.91 Å². The number of ether oxygens (including phenoxy) is 1. The minimum atomic E-state index is -4.41. The highest BCUT2D eigenvalue weighted by Crippen LogP contribution is 2.31. The Bertz CT molecular complexity index is 300. The van der Waals surface area contributed by atoms with E-state index in [1.54, 1.807) is 0 Å². The molecule has 112 valence electrons.